The molecule has 3 rings (SSSR count). The molecule has 0 aliphatic carbocycles. The lowest BCUT2D eigenvalue weighted by atomic mass is 9.72. The highest BCUT2D eigenvalue weighted by atomic mass is 32.2. The summed E-state index contributed by atoms with van der Waals surface area (Å²) in [6, 6.07) is 0. The largest absolute Gasteiger partial charge is 0.390 e. The summed E-state index contributed by atoms with van der Waals surface area (Å²) < 4.78 is 6.08. The van der Waals surface area contributed by atoms with Crippen molar-refractivity contribution in [2.24, 2.45) is 5.92 Å². The summed E-state index contributed by atoms with van der Waals surface area (Å²) in [7, 11) is 0. The molecular formula is C14H25NO2S. The summed E-state index contributed by atoms with van der Waals surface area (Å²) in [5.41, 5.74) is -0.337. The minimum atomic E-state index is -0.437. The molecule has 3 heterocycles. The average Bonchev–Trinajstić information content (AvgIpc) is 2.69. The molecule has 1 spiro atoms. The van der Waals surface area contributed by atoms with Crippen molar-refractivity contribution in [3.63, 3.8) is 0 Å². The fraction of sp³-hybridized carbons (Fsp3) is 1.00. The topological polar surface area (TPSA) is 41.5 Å². The van der Waals surface area contributed by atoms with E-state index in [0.717, 1.165) is 57.6 Å². The Hall–Kier alpha value is 0.230. The smallest absolute Gasteiger partial charge is 0.0784 e. The second-order valence-corrected chi connectivity index (χ2v) is 7.34. The summed E-state index contributed by atoms with van der Waals surface area (Å²) in [4.78, 5) is 0. The van der Waals surface area contributed by atoms with Crippen molar-refractivity contribution in [3.05, 3.63) is 0 Å². The zero-order valence-electron chi connectivity index (χ0n) is 11.1. The predicted octanol–water partition coefficient (Wildman–Crippen LogP) is 1.79. The van der Waals surface area contributed by atoms with Crippen molar-refractivity contribution in [3.8, 4) is 0 Å². The molecule has 104 valence electrons. The molecule has 0 aromatic heterocycles. The molecule has 18 heavy (non-hydrogen) atoms. The molecule has 3 unspecified atom stereocenters. The van der Waals surface area contributed by atoms with Crippen LogP contribution in [-0.2, 0) is 4.74 Å². The maximum Gasteiger partial charge on any atom is 0.0784 e. The van der Waals surface area contributed by atoms with Gasteiger partial charge in [-0.2, -0.15) is 11.8 Å². The Morgan fingerprint density at radius 2 is 2.17 bits per heavy atom. The molecular weight excluding hydrogens is 246 g/mol. The molecule has 3 nitrogen and oxygen atoms in total. The minimum absolute atomic E-state index is 0.100. The van der Waals surface area contributed by atoms with Gasteiger partial charge < -0.3 is 15.2 Å². The van der Waals surface area contributed by atoms with Gasteiger partial charge in [0.1, 0.15) is 0 Å². The fourth-order valence-electron chi connectivity index (χ4n) is 3.83. The summed E-state index contributed by atoms with van der Waals surface area (Å²) >= 11 is 2.01. The van der Waals surface area contributed by atoms with E-state index < -0.39 is 5.60 Å². The molecule has 0 bridgehead atoms. The van der Waals surface area contributed by atoms with Gasteiger partial charge in [0.15, 0.2) is 0 Å². The third-order valence-electron chi connectivity index (χ3n) is 5.02. The van der Waals surface area contributed by atoms with E-state index in [1.54, 1.807) is 0 Å². The van der Waals surface area contributed by atoms with Gasteiger partial charge in [0.05, 0.1) is 11.2 Å². The highest BCUT2D eigenvalue weighted by Gasteiger charge is 2.47. The maximum atomic E-state index is 11.0. The standard InChI is InChI=1S/C14H25NO2S/c16-14(3-1-6-15-7-4-14)12-2-8-17-13(10-12)5-9-18-11-13/h12,15-16H,1-11H2. The molecule has 3 atom stereocenters. The van der Waals surface area contributed by atoms with Crippen LogP contribution in [0.15, 0.2) is 0 Å². The average molecular weight is 271 g/mol. The number of ether oxygens (including phenoxy) is 1. The number of thioether (sulfide) groups is 1. The number of nitrogens with one attached hydrogen (secondary N) is 1. The van der Waals surface area contributed by atoms with E-state index in [4.69, 9.17) is 4.74 Å². The van der Waals surface area contributed by atoms with E-state index in [2.05, 4.69) is 5.32 Å². The van der Waals surface area contributed by atoms with Gasteiger partial charge in [0.2, 0.25) is 0 Å². The first-order valence-corrected chi connectivity index (χ1v) is 8.53. The van der Waals surface area contributed by atoms with Crippen LogP contribution < -0.4 is 5.32 Å². The zero-order chi connectivity index (χ0) is 12.5. The first-order chi connectivity index (χ1) is 8.73. The summed E-state index contributed by atoms with van der Waals surface area (Å²) in [6.45, 7) is 2.88. The third kappa shape index (κ3) is 2.58. The predicted molar refractivity (Wildman–Crippen MR) is 75.0 cm³/mol. The molecule has 3 aliphatic heterocycles. The molecule has 0 aromatic rings. The van der Waals surface area contributed by atoms with Crippen LogP contribution in [0.25, 0.3) is 0 Å². The van der Waals surface area contributed by atoms with Gasteiger partial charge in [0.25, 0.3) is 0 Å². The molecule has 0 saturated carbocycles. The first-order valence-electron chi connectivity index (χ1n) is 7.37. The zero-order valence-corrected chi connectivity index (χ0v) is 11.9. The molecule has 3 saturated heterocycles. The molecule has 3 fully saturated rings. The molecule has 0 amide bonds. The van der Waals surface area contributed by atoms with Crippen LogP contribution in [0.4, 0.5) is 0 Å². The number of hydrogen-bond donors (Lipinski definition) is 2. The van der Waals surface area contributed by atoms with Crippen LogP contribution in [0, 0.1) is 5.92 Å². The highest BCUT2D eigenvalue weighted by molar-refractivity contribution is 7.99. The van der Waals surface area contributed by atoms with Crippen LogP contribution in [0.5, 0.6) is 0 Å². The van der Waals surface area contributed by atoms with Gasteiger partial charge in [-0.05, 0) is 63.3 Å². The lowest BCUT2D eigenvalue weighted by Crippen LogP contribution is -2.49. The maximum absolute atomic E-state index is 11.0. The molecule has 3 aliphatic rings. The van der Waals surface area contributed by atoms with Gasteiger partial charge in [-0.1, -0.05) is 0 Å². The molecule has 0 radical (unpaired) electrons. The van der Waals surface area contributed by atoms with Gasteiger partial charge >= 0.3 is 0 Å². The number of hydrogen-bond acceptors (Lipinski definition) is 4. The highest BCUT2D eigenvalue weighted by Crippen LogP contribution is 2.45. The van der Waals surface area contributed by atoms with Crippen LogP contribution in [-0.4, -0.2) is 47.5 Å². The Morgan fingerprint density at radius 3 is 3.00 bits per heavy atom. The Morgan fingerprint density at radius 1 is 1.22 bits per heavy atom. The lowest BCUT2D eigenvalue weighted by molar-refractivity contribution is -0.135. The fourth-order valence-corrected chi connectivity index (χ4v) is 5.21. The van der Waals surface area contributed by atoms with Crippen LogP contribution >= 0.6 is 11.8 Å². The van der Waals surface area contributed by atoms with E-state index >= 15 is 0 Å². The molecule has 4 heteroatoms. The van der Waals surface area contributed by atoms with Gasteiger partial charge in [-0.3, -0.25) is 0 Å². The van der Waals surface area contributed by atoms with Crippen molar-refractivity contribution in [1.82, 2.24) is 5.32 Å². The summed E-state index contributed by atoms with van der Waals surface area (Å²) in [6.07, 6.45) is 6.30. The quantitative estimate of drug-likeness (QED) is 0.763. The third-order valence-corrected chi connectivity index (χ3v) is 6.24. The van der Waals surface area contributed by atoms with Crippen LogP contribution in [0.3, 0.4) is 0 Å². The Labute approximate surface area is 114 Å². The molecule has 0 aromatic carbocycles. The van der Waals surface area contributed by atoms with Gasteiger partial charge in [0, 0.05) is 12.4 Å². The van der Waals surface area contributed by atoms with Crippen molar-refractivity contribution in [2.75, 3.05) is 31.2 Å². The second kappa shape index (κ2) is 5.31. The summed E-state index contributed by atoms with van der Waals surface area (Å²) in [5, 5.41) is 14.4. The van der Waals surface area contributed by atoms with Crippen molar-refractivity contribution < 1.29 is 9.84 Å². The summed E-state index contributed by atoms with van der Waals surface area (Å²) in [5.74, 6) is 2.81. The Balaban J connectivity index is 1.70. The normalized spacial score (nSPS) is 46.2. The SMILES string of the molecule is OC1(C2CCOC3(CCSC3)C2)CCCNCC1. The van der Waals surface area contributed by atoms with Crippen LogP contribution in [0.1, 0.15) is 38.5 Å². The van der Waals surface area contributed by atoms with E-state index in [0.29, 0.717) is 5.92 Å². The van der Waals surface area contributed by atoms with Crippen molar-refractivity contribution in [2.45, 2.75) is 49.7 Å². The van der Waals surface area contributed by atoms with E-state index in [1.807, 2.05) is 11.8 Å². The first kappa shape index (κ1) is 13.2. The van der Waals surface area contributed by atoms with Crippen molar-refractivity contribution in [1.29, 1.82) is 0 Å². The van der Waals surface area contributed by atoms with E-state index in [-0.39, 0.29) is 5.60 Å². The monoisotopic (exact) mass is 271 g/mol. The van der Waals surface area contributed by atoms with Gasteiger partial charge in [-0.25, -0.2) is 0 Å². The Bertz CT molecular complexity index is 284. The van der Waals surface area contributed by atoms with Crippen LogP contribution in [0.2, 0.25) is 0 Å². The van der Waals surface area contributed by atoms with Gasteiger partial charge in [-0.15, -0.1) is 0 Å². The van der Waals surface area contributed by atoms with E-state index in [1.165, 1.54) is 12.2 Å². The molecule has 2 N–H and O–H groups in total. The Kier molecular flexibility index (Phi) is 3.90. The van der Waals surface area contributed by atoms with E-state index in [9.17, 15) is 5.11 Å². The minimum Gasteiger partial charge on any atom is -0.390 e. The van der Waals surface area contributed by atoms with Crippen molar-refractivity contribution >= 4 is 11.8 Å². The lowest BCUT2D eigenvalue weighted by Gasteiger charge is -2.45. The number of rotatable bonds is 1. The second-order valence-electron chi connectivity index (χ2n) is 6.23. The number of aliphatic hydroxyl groups is 1.